The van der Waals surface area contributed by atoms with E-state index in [1.54, 1.807) is 12.4 Å². The number of carbonyl (C=O) groups is 2. The number of anilines is 1. The molecule has 4 rings (SSSR count). The normalized spacial score (nSPS) is 12.5. The van der Waals surface area contributed by atoms with Gasteiger partial charge in [0.1, 0.15) is 0 Å². The molecule has 0 saturated carbocycles. The van der Waals surface area contributed by atoms with Gasteiger partial charge in [-0.1, -0.05) is 63.2 Å². The third-order valence-corrected chi connectivity index (χ3v) is 5.73. The van der Waals surface area contributed by atoms with E-state index < -0.39 is 5.97 Å². The fourth-order valence-electron chi connectivity index (χ4n) is 3.90. The van der Waals surface area contributed by atoms with Crippen LogP contribution in [0.15, 0.2) is 79.1 Å². The molecule has 0 radical (unpaired) electrons. The van der Waals surface area contributed by atoms with Crippen LogP contribution >= 0.6 is 0 Å². The number of hydrogen-bond acceptors (Lipinski definition) is 3. The molecule has 33 heavy (non-hydrogen) atoms. The Labute approximate surface area is 192 Å². The lowest BCUT2D eigenvalue weighted by Gasteiger charge is -2.19. The number of imidazole rings is 1. The Balaban J connectivity index is 1.58. The van der Waals surface area contributed by atoms with E-state index in [1.165, 1.54) is 5.56 Å². The molecule has 1 atom stereocenters. The first-order chi connectivity index (χ1) is 15.7. The first kappa shape index (κ1) is 22.3. The molecule has 1 aromatic heterocycles. The number of benzene rings is 3. The van der Waals surface area contributed by atoms with Crippen LogP contribution in [0.1, 0.15) is 54.7 Å². The molecule has 0 saturated heterocycles. The minimum absolute atomic E-state index is 0.0249. The van der Waals surface area contributed by atoms with Crippen molar-refractivity contribution in [2.75, 3.05) is 5.32 Å². The molecule has 0 spiro atoms. The molecule has 3 aromatic carbocycles. The number of hydrogen-bond donors (Lipinski definition) is 2. The number of carbonyl (C=O) groups excluding carboxylic acids is 1. The van der Waals surface area contributed by atoms with Crippen LogP contribution in [0.4, 0.5) is 5.69 Å². The van der Waals surface area contributed by atoms with Gasteiger partial charge in [0.25, 0.3) is 5.91 Å². The Morgan fingerprint density at radius 1 is 1.00 bits per heavy atom. The molecule has 1 unspecified atom stereocenters. The van der Waals surface area contributed by atoms with Crippen molar-refractivity contribution in [3.8, 4) is 0 Å². The van der Waals surface area contributed by atoms with E-state index in [-0.39, 0.29) is 23.8 Å². The van der Waals surface area contributed by atoms with Gasteiger partial charge in [-0.2, -0.15) is 0 Å². The van der Waals surface area contributed by atoms with Gasteiger partial charge in [-0.05, 0) is 46.9 Å². The number of rotatable bonds is 6. The summed E-state index contributed by atoms with van der Waals surface area (Å²) in [5.74, 6) is -1.07. The molecule has 2 N–H and O–H groups in total. The van der Waals surface area contributed by atoms with Gasteiger partial charge in [0, 0.05) is 11.3 Å². The third kappa shape index (κ3) is 4.95. The summed E-state index contributed by atoms with van der Waals surface area (Å²) < 4.78 is 1.87. The lowest BCUT2D eigenvalue weighted by Crippen LogP contribution is -2.15. The summed E-state index contributed by atoms with van der Waals surface area (Å²) in [7, 11) is 0. The summed E-state index contributed by atoms with van der Waals surface area (Å²) in [6.07, 6.45) is 1.60. The fourth-order valence-corrected chi connectivity index (χ4v) is 3.90. The Morgan fingerprint density at radius 3 is 2.33 bits per heavy atom. The molecule has 0 fully saturated rings. The largest absolute Gasteiger partial charge is 0.481 e. The summed E-state index contributed by atoms with van der Waals surface area (Å²) in [5, 5.41) is 12.4. The SMILES string of the molecule is CC(C)(C)c1ccc(C(=O)Nc2ccc3c(c2)ncn3C(CC(=O)O)c2ccccc2)cc1. The minimum Gasteiger partial charge on any atom is -0.481 e. The van der Waals surface area contributed by atoms with Gasteiger partial charge in [0.15, 0.2) is 0 Å². The summed E-state index contributed by atoms with van der Waals surface area (Å²) in [6.45, 7) is 6.40. The summed E-state index contributed by atoms with van der Waals surface area (Å²) in [4.78, 5) is 28.7. The van der Waals surface area contributed by atoms with Crippen LogP contribution in [0.3, 0.4) is 0 Å². The van der Waals surface area contributed by atoms with Crippen LogP contribution in [0.5, 0.6) is 0 Å². The maximum absolute atomic E-state index is 12.7. The van der Waals surface area contributed by atoms with Gasteiger partial charge in [-0.3, -0.25) is 9.59 Å². The molecular formula is C27H27N3O3. The second-order valence-electron chi connectivity index (χ2n) is 9.16. The van der Waals surface area contributed by atoms with E-state index in [2.05, 4.69) is 31.1 Å². The molecule has 0 aliphatic carbocycles. The monoisotopic (exact) mass is 441 g/mol. The molecule has 0 bridgehead atoms. The van der Waals surface area contributed by atoms with Crippen LogP contribution in [-0.4, -0.2) is 26.5 Å². The molecule has 0 aliphatic heterocycles. The van der Waals surface area contributed by atoms with E-state index in [9.17, 15) is 14.7 Å². The van der Waals surface area contributed by atoms with Crippen molar-refractivity contribution in [2.24, 2.45) is 0 Å². The molecule has 6 heteroatoms. The van der Waals surface area contributed by atoms with E-state index in [1.807, 2.05) is 71.3 Å². The number of nitrogens with zero attached hydrogens (tertiary/aromatic N) is 2. The predicted molar refractivity (Wildman–Crippen MR) is 130 cm³/mol. The zero-order valence-corrected chi connectivity index (χ0v) is 18.9. The smallest absolute Gasteiger partial charge is 0.305 e. The van der Waals surface area contributed by atoms with Crippen molar-refractivity contribution in [3.05, 3.63) is 95.8 Å². The van der Waals surface area contributed by atoms with Crippen LogP contribution in [0.2, 0.25) is 0 Å². The number of amides is 1. The Morgan fingerprint density at radius 2 is 1.70 bits per heavy atom. The number of aliphatic carboxylic acids is 1. The molecule has 168 valence electrons. The van der Waals surface area contributed by atoms with E-state index >= 15 is 0 Å². The van der Waals surface area contributed by atoms with Gasteiger partial charge in [0.2, 0.25) is 0 Å². The van der Waals surface area contributed by atoms with E-state index in [4.69, 9.17) is 0 Å². The predicted octanol–water partition coefficient (Wildman–Crippen LogP) is 5.65. The van der Waals surface area contributed by atoms with Crippen LogP contribution < -0.4 is 5.32 Å². The summed E-state index contributed by atoms with van der Waals surface area (Å²) >= 11 is 0. The average molecular weight is 442 g/mol. The molecule has 4 aromatic rings. The summed E-state index contributed by atoms with van der Waals surface area (Å²) in [5.41, 5.74) is 4.79. The maximum atomic E-state index is 12.7. The molecule has 6 nitrogen and oxygen atoms in total. The average Bonchev–Trinajstić information content (AvgIpc) is 3.20. The van der Waals surface area contributed by atoms with E-state index in [0.717, 1.165) is 11.1 Å². The van der Waals surface area contributed by atoms with Gasteiger partial charge >= 0.3 is 5.97 Å². The van der Waals surface area contributed by atoms with Crippen molar-refractivity contribution < 1.29 is 14.7 Å². The third-order valence-electron chi connectivity index (χ3n) is 5.73. The Kier molecular flexibility index (Phi) is 6.01. The zero-order chi connectivity index (χ0) is 23.6. The molecule has 1 amide bonds. The number of nitrogens with one attached hydrogen (secondary N) is 1. The molecule has 1 heterocycles. The van der Waals surface area contributed by atoms with Crippen LogP contribution in [-0.2, 0) is 10.2 Å². The fraction of sp³-hybridized carbons (Fsp3) is 0.222. The second-order valence-corrected chi connectivity index (χ2v) is 9.16. The lowest BCUT2D eigenvalue weighted by molar-refractivity contribution is -0.137. The maximum Gasteiger partial charge on any atom is 0.305 e. The Bertz CT molecular complexity index is 1290. The number of carboxylic acids is 1. The van der Waals surface area contributed by atoms with E-state index in [0.29, 0.717) is 16.8 Å². The molecule has 0 aliphatic rings. The number of carboxylic acid groups (broad SMARTS) is 1. The highest BCUT2D eigenvalue weighted by atomic mass is 16.4. The van der Waals surface area contributed by atoms with Crippen molar-refractivity contribution >= 4 is 28.6 Å². The van der Waals surface area contributed by atoms with Gasteiger partial charge in [0.05, 0.1) is 29.8 Å². The topological polar surface area (TPSA) is 84.2 Å². The lowest BCUT2D eigenvalue weighted by atomic mass is 9.87. The van der Waals surface area contributed by atoms with Gasteiger partial charge in [-0.25, -0.2) is 4.98 Å². The highest BCUT2D eigenvalue weighted by Crippen LogP contribution is 2.28. The number of fused-ring (bicyclic) bond motifs is 1. The van der Waals surface area contributed by atoms with Gasteiger partial charge in [-0.15, -0.1) is 0 Å². The molecular weight excluding hydrogens is 414 g/mol. The van der Waals surface area contributed by atoms with Gasteiger partial charge < -0.3 is 15.0 Å². The minimum atomic E-state index is -0.882. The quantitative estimate of drug-likeness (QED) is 0.405. The van der Waals surface area contributed by atoms with Crippen molar-refractivity contribution in [1.29, 1.82) is 0 Å². The van der Waals surface area contributed by atoms with Crippen molar-refractivity contribution in [3.63, 3.8) is 0 Å². The van der Waals surface area contributed by atoms with Crippen molar-refractivity contribution in [1.82, 2.24) is 9.55 Å². The first-order valence-electron chi connectivity index (χ1n) is 10.9. The van der Waals surface area contributed by atoms with Crippen molar-refractivity contribution in [2.45, 2.75) is 38.6 Å². The summed E-state index contributed by atoms with van der Waals surface area (Å²) in [6, 6.07) is 22.2. The van der Waals surface area contributed by atoms with Crippen LogP contribution in [0, 0.1) is 0 Å². The second kappa shape index (κ2) is 8.90. The highest BCUT2D eigenvalue weighted by molar-refractivity contribution is 6.05. The Hall–Kier alpha value is -3.93. The number of aromatic nitrogens is 2. The van der Waals surface area contributed by atoms with Crippen LogP contribution in [0.25, 0.3) is 11.0 Å². The standard InChI is InChI=1S/C27H27N3O3/c1-27(2,3)20-11-9-19(10-12-20)26(33)29-21-13-14-23-22(15-21)28-17-30(23)24(16-25(31)32)18-7-5-4-6-8-18/h4-15,17,24H,16H2,1-3H3,(H,29,33)(H,31,32). The zero-order valence-electron chi connectivity index (χ0n) is 18.9. The first-order valence-corrected chi connectivity index (χ1v) is 10.9. The highest BCUT2D eigenvalue weighted by Gasteiger charge is 2.20.